The van der Waals surface area contributed by atoms with Crippen LogP contribution in [0.25, 0.3) is 0 Å². The van der Waals surface area contributed by atoms with Crippen molar-refractivity contribution in [3.8, 4) is 5.75 Å². The Kier molecular flexibility index (Phi) is 6.02. The van der Waals surface area contributed by atoms with Crippen LogP contribution in [-0.2, 0) is 22.9 Å². The molecule has 0 aromatic heterocycles. The van der Waals surface area contributed by atoms with Crippen LogP contribution in [-0.4, -0.2) is 51.3 Å². The fourth-order valence-electron chi connectivity index (χ4n) is 3.79. The summed E-state index contributed by atoms with van der Waals surface area (Å²) in [6.07, 6.45) is 6.35. The summed E-state index contributed by atoms with van der Waals surface area (Å²) in [5.74, 6) is 1.61. The monoisotopic (exact) mass is 366 g/mol. The van der Waals surface area contributed by atoms with Gasteiger partial charge in [0.15, 0.2) is 0 Å². The summed E-state index contributed by atoms with van der Waals surface area (Å²) in [5, 5.41) is 3.71. The summed E-state index contributed by atoms with van der Waals surface area (Å²) in [7, 11) is -3.03. The highest BCUT2D eigenvalue weighted by Crippen LogP contribution is 2.26. The minimum Gasteiger partial charge on any atom is -0.493 e. The zero-order valence-corrected chi connectivity index (χ0v) is 16.1. The van der Waals surface area contributed by atoms with Crippen molar-refractivity contribution in [1.82, 2.24) is 9.62 Å². The average molecular weight is 367 g/mol. The third-order valence-electron chi connectivity index (χ3n) is 5.47. The molecular weight excluding hydrogens is 336 g/mol. The van der Waals surface area contributed by atoms with Crippen molar-refractivity contribution in [3.63, 3.8) is 0 Å². The predicted molar refractivity (Wildman–Crippen MR) is 101 cm³/mol. The third kappa shape index (κ3) is 4.96. The molecule has 6 heteroatoms. The fourth-order valence-corrected chi connectivity index (χ4v) is 4.66. The normalized spacial score (nSPS) is 20.2. The zero-order valence-electron chi connectivity index (χ0n) is 15.3. The van der Waals surface area contributed by atoms with E-state index in [0.29, 0.717) is 25.0 Å². The van der Waals surface area contributed by atoms with Gasteiger partial charge in [-0.25, -0.2) is 12.7 Å². The fraction of sp³-hybridized carbons (Fsp3) is 0.684. The molecule has 1 saturated heterocycles. The van der Waals surface area contributed by atoms with Crippen molar-refractivity contribution < 1.29 is 13.2 Å². The summed E-state index contributed by atoms with van der Waals surface area (Å²) in [6, 6.07) is 7.04. The van der Waals surface area contributed by atoms with Gasteiger partial charge in [-0.1, -0.05) is 19.1 Å². The minimum atomic E-state index is -3.03. The van der Waals surface area contributed by atoms with Gasteiger partial charge in [-0.2, -0.15) is 0 Å². The minimum absolute atomic E-state index is 0.466. The molecule has 1 unspecified atom stereocenters. The summed E-state index contributed by atoms with van der Waals surface area (Å²) in [5.41, 5.74) is 2.70. The molecule has 1 atom stereocenters. The number of fused-ring (bicyclic) bond motifs is 1. The van der Waals surface area contributed by atoms with Crippen LogP contribution in [0.2, 0.25) is 0 Å². The average Bonchev–Trinajstić information content (AvgIpc) is 3.06. The lowest BCUT2D eigenvalue weighted by Crippen LogP contribution is -2.42. The van der Waals surface area contributed by atoms with Crippen LogP contribution >= 0.6 is 0 Å². The molecule has 2 aliphatic heterocycles. The van der Waals surface area contributed by atoms with E-state index in [9.17, 15) is 8.42 Å². The third-order valence-corrected chi connectivity index (χ3v) is 6.77. The molecule has 1 N–H and O–H groups in total. The van der Waals surface area contributed by atoms with Gasteiger partial charge in [0.1, 0.15) is 5.75 Å². The Bertz CT molecular complexity index is 682. The van der Waals surface area contributed by atoms with Gasteiger partial charge in [-0.05, 0) is 55.3 Å². The largest absolute Gasteiger partial charge is 0.493 e. The SMILES string of the molecule is CCC(Cc1ccc2c(c1)CCO2)NCC1CCN(S(C)(=O)=O)CC1. The maximum atomic E-state index is 11.6. The second-order valence-electron chi connectivity index (χ2n) is 7.36. The Balaban J connectivity index is 1.47. The smallest absolute Gasteiger partial charge is 0.211 e. The standard InChI is InChI=1S/C19H30N2O3S/c1-3-18(13-16-4-5-19-17(12-16)8-11-24-19)20-14-15-6-9-21(10-7-15)25(2,22)23/h4-5,12,15,18,20H,3,6-11,13-14H2,1-2H3. The van der Waals surface area contributed by atoms with Crippen molar-refractivity contribution in [2.45, 2.75) is 45.1 Å². The Morgan fingerprint density at radius 2 is 2.08 bits per heavy atom. The van der Waals surface area contributed by atoms with Crippen LogP contribution < -0.4 is 10.1 Å². The predicted octanol–water partition coefficient (Wildman–Crippen LogP) is 2.20. The van der Waals surface area contributed by atoms with Crippen LogP contribution in [0, 0.1) is 5.92 Å². The van der Waals surface area contributed by atoms with E-state index >= 15 is 0 Å². The maximum Gasteiger partial charge on any atom is 0.211 e. The molecule has 0 spiro atoms. The Hall–Kier alpha value is -1.11. The molecule has 0 saturated carbocycles. The number of hydrogen-bond acceptors (Lipinski definition) is 4. The van der Waals surface area contributed by atoms with E-state index in [1.165, 1.54) is 17.4 Å². The lowest BCUT2D eigenvalue weighted by atomic mass is 9.96. The van der Waals surface area contributed by atoms with Crippen LogP contribution in [0.1, 0.15) is 37.3 Å². The Labute approximate surface area is 151 Å². The maximum absolute atomic E-state index is 11.6. The molecule has 0 bridgehead atoms. The van der Waals surface area contributed by atoms with Gasteiger partial charge in [-0.3, -0.25) is 0 Å². The number of nitrogens with one attached hydrogen (secondary N) is 1. The van der Waals surface area contributed by atoms with Crippen molar-refractivity contribution in [2.24, 2.45) is 5.92 Å². The molecule has 1 aromatic rings. The van der Waals surface area contributed by atoms with Crippen molar-refractivity contribution in [2.75, 3.05) is 32.5 Å². The van der Waals surface area contributed by atoms with E-state index < -0.39 is 10.0 Å². The molecule has 1 aromatic carbocycles. The van der Waals surface area contributed by atoms with Crippen LogP contribution in [0.5, 0.6) is 5.75 Å². The highest BCUT2D eigenvalue weighted by Gasteiger charge is 2.25. The first-order valence-corrected chi connectivity index (χ1v) is 11.2. The highest BCUT2D eigenvalue weighted by molar-refractivity contribution is 7.88. The number of benzene rings is 1. The Morgan fingerprint density at radius 3 is 2.76 bits per heavy atom. The van der Waals surface area contributed by atoms with Crippen molar-refractivity contribution in [3.05, 3.63) is 29.3 Å². The molecule has 140 valence electrons. The quantitative estimate of drug-likeness (QED) is 0.804. The van der Waals surface area contributed by atoms with E-state index in [1.807, 2.05) is 0 Å². The van der Waals surface area contributed by atoms with E-state index in [0.717, 1.165) is 51.0 Å². The van der Waals surface area contributed by atoms with E-state index in [1.54, 1.807) is 4.31 Å². The summed E-state index contributed by atoms with van der Waals surface area (Å²) in [6.45, 7) is 5.32. The Morgan fingerprint density at radius 1 is 1.32 bits per heavy atom. The molecule has 5 nitrogen and oxygen atoms in total. The van der Waals surface area contributed by atoms with Gasteiger partial charge >= 0.3 is 0 Å². The van der Waals surface area contributed by atoms with Gasteiger partial charge in [0, 0.05) is 25.6 Å². The molecule has 0 aliphatic carbocycles. The molecule has 1 fully saturated rings. The second-order valence-corrected chi connectivity index (χ2v) is 9.35. The summed E-state index contributed by atoms with van der Waals surface area (Å²) in [4.78, 5) is 0. The number of hydrogen-bond donors (Lipinski definition) is 1. The molecule has 0 amide bonds. The van der Waals surface area contributed by atoms with Crippen molar-refractivity contribution >= 4 is 10.0 Å². The molecular formula is C19H30N2O3S. The number of nitrogens with zero attached hydrogens (tertiary/aromatic N) is 1. The van der Waals surface area contributed by atoms with Gasteiger partial charge in [0.25, 0.3) is 0 Å². The number of sulfonamides is 1. The molecule has 2 heterocycles. The van der Waals surface area contributed by atoms with Gasteiger partial charge in [0.05, 0.1) is 12.9 Å². The first kappa shape index (κ1) is 18.7. The van der Waals surface area contributed by atoms with E-state index in [4.69, 9.17) is 4.74 Å². The zero-order chi connectivity index (χ0) is 17.9. The summed E-state index contributed by atoms with van der Waals surface area (Å²) >= 11 is 0. The van der Waals surface area contributed by atoms with Gasteiger partial charge in [-0.15, -0.1) is 0 Å². The highest BCUT2D eigenvalue weighted by atomic mass is 32.2. The molecule has 2 aliphatic rings. The van der Waals surface area contributed by atoms with Crippen LogP contribution in [0.15, 0.2) is 18.2 Å². The lowest BCUT2D eigenvalue weighted by Gasteiger charge is -2.31. The summed E-state index contributed by atoms with van der Waals surface area (Å²) < 4.78 is 30.4. The van der Waals surface area contributed by atoms with Gasteiger partial charge < -0.3 is 10.1 Å². The number of ether oxygens (including phenoxy) is 1. The van der Waals surface area contributed by atoms with Crippen LogP contribution in [0.3, 0.4) is 0 Å². The number of rotatable bonds is 7. The van der Waals surface area contributed by atoms with E-state index in [2.05, 4.69) is 30.4 Å². The first-order chi connectivity index (χ1) is 12.0. The lowest BCUT2D eigenvalue weighted by molar-refractivity contribution is 0.261. The number of piperidine rings is 1. The van der Waals surface area contributed by atoms with E-state index in [-0.39, 0.29) is 0 Å². The second kappa shape index (κ2) is 8.06. The molecule has 3 rings (SSSR count). The molecule has 25 heavy (non-hydrogen) atoms. The topological polar surface area (TPSA) is 58.6 Å². The first-order valence-electron chi connectivity index (χ1n) is 9.39. The van der Waals surface area contributed by atoms with Gasteiger partial charge in [0.2, 0.25) is 10.0 Å². The van der Waals surface area contributed by atoms with Crippen LogP contribution in [0.4, 0.5) is 0 Å². The van der Waals surface area contributed by atoms with Crippen molar-refractivity contribution in [1.29, 1.82) is 0 Å². The molecule has 0 radical (unpaired) electrons.